The topological polar surface area (TPSA) is 49.4 Å². The zero-order chi connectivity index (χ0) is 15.0. The molecule has 112 valence electrons. The third-order valence-electron chi connectivity index (χ3n) is 5.07. The number of hydrogen-bond donors (Lipinski definition) is 1. The van der Waals surface area contributed by atoms with Gasteiger partial charge in [-0.3, -0.25) is 9.59 Å². The fraction of sp³-hybridized carbons (Fsp3) is 0.529. The zero-order valence-electron chi connectivity index (χ0n) is 12.6. The number of piperazine rings is 1. The van der Waals surface area contributed by atoms with E-state index in [9.17, 15) is 9.59 Å². The molecule has 2 unspecified atom stereocenters. The third kappa shape index (κ3) is 2.33. The van der Waals surface area contributed by atoms with E-state index in [2.05, 4.69) is 12.2 Å². The zero-order valence-corrected chi connectivity index (χ0v) is 12.6. The van der Waals surface area contributed by atoms with Crippen LogP contribution in [-0.4, -0.2) is 29.3 Å². The Morgan fingerprint density at radius 2 is 1.90 bits per heavy atom. The second-order valence-corrected chi connectivity index (χ2v) is 6.40. The van der Waals surface area contributed by atoms with Gasteiger partial charge < -0.3 is 10.2 Å². The van der Waals surface area contributed by atoms with Crippen LogP contribution in [0, 0.1) is 5.92 Å². The number of rotatable bonds is 3. The summed E-state index contributed by atoms with van der Waals surface area (Å²) < 4.78 is 0. The highest BCUT2D eigenvalue weighted by Crippen LogP contribution is 2.35. The minimum absolute atomic E-state index is 0.00713. The summed E-state index contributed by atoms with van der Waals surface area (Å²) in [5.74, 6) is 0.472. The molecular weight excluding hydrogens is 264 g/mol. The molecule has 1 saturated heterocycles. The lowest BCUT2D eigenvalue weighted by molar-refractivity contribution is -0.153. The fourth-order valence-corrected chi connectivity index (χ4v) is 3.36. The Labute approximate surface area is 125 Å². The molecule has 0 aromatic heterocycles. The molecule has 1 N–H and O–H groups in total. The summed E-state index contributed by atoms with van der Waals surface area (Å²) in [6.07, 6.45) is 3.56. The number of amides is 2. The minimum Gasteiger partial charge on any atom is -0.337 e. The molecule has 3 rings (SSSR count). The van der Waals surface area contributed by atoms with Crippen molar-refractivity contribution in [1.82, 2.24) is 10.2 Å². The molecule has 1 aromatic rings. The van der Waals surface area contributed by atoms with Gasteiger partial charge in [-0.2, -0.15) is 0 Å². The molecule has 2 atom stereocenters. The average molecular weight is 286 g/mol. The summed E-state index contributed by atoms with van der Waals surface area (Å²) in [6, 6.07) is 9.64. The molecule has 2 fully saturated rings. The van der Waals surface area contributed by atoms with E-state index in [-0.39, 0.29) is 24.4 Å². The van der Waals surface area contributed by atoms with E-state index in [1.54, 1.807) is 4.90 Å². The average Bonchev–Trinajstić information content (AvgIpc) is 2.42. The first-order valence-electron chi connectivity index (χ1n) is 7.70. The molecule has 0 spiro atoms. The smallest absolute Gasteiger partial charge is 0.253 e. The van der Waals surface area contributed by atoms with Crippen molar-refractivity contribution in [1.29, 1.82) is 0 Å². The molecule has 0 radical (unpaired) electrons. The van der Waals surface area contributed by atoms with Crippen LogP contribution in [-0.2, 0) is 15.1 Å². The number of hydrogen-bond acceptors (Lipinski definition) is 2. The lowest BCUT2D eigenvalue weighted by atomic mass is 9.78. The molecule has 1 aliphatic carbocycles. The second-order valence-electron chi connectivity index (χ2n) is 6.40. The Kier molecular flexibility index (Phi) is 3.47. The SMILES string of the molecule is CC(C1CCC1)N1CC(=O)NC(C)(c2ccccc2)C1=O. The van der Waals surface area contributed by atoms with E-state index >= 15 is 0 Å². The number of carbonyl (C=O) groups is 2. The van der Waals surface area contributed by atoms with Gasteiger partial charge in [-0.25, -0.2) is 0 Å². The van der Waals surface area contributed by atoms with E-state index < -0.39 is 5.54 Å². The highest BCUT2D eigenvalue weighted by Gasteiger charge is 2.47. The molecule has 1 aromatic carbocycles. The highest BCUT2D eigenvalue weighted by molar-refractivity contribution is 5.98. The molecular formula is C17H22N2O2. The van der Waals surface area contributed by atoms with Crippen molar-refractivity contribution in [3.63, 3.8) is 0 Å². The normalized spacial score (nSPS) is 28.0. The van der Waals surface area contributed by atoms with Crippen molar-refractivity contribution in [3.05, 3.63) is 35.9 Å². The van der Waals surface area contributed by atoms with E-state index in [1.807, 2.05) is 37.3 Å². The second kappa shape index (κ2) is 5.17. The van der Waals surface area contributed by atoms with Crippen LogP contribution < -0.4 is 5.32 Å². The number of nitrogens with one attached hydrogen (secondary N) is 1. The highest BCUT2D eigenvalue weighted by atomic mass is 16.2. The van der Waals surface area contributed by atoms with Gasteiger partial charge in [-0.15, -0.1) is 0 Å². The van der Waals surface area contributed by atoms with Gasteiger partial charge in [0.2, 0.25) is 5.91 Å². The Morgan fingerprint density at radius 1 is 1.24 bits per heavy atom. The first-order valence-corrected chi connectivity index (χ1v) is 7.70. The van der Waals surface area contributed by atoms with E-state index in [4.69, 9.17) is 0 Å². The summed E-state index contributed by atoms with van der Waals surface area (Å²) in [5, 5.41) is 2.89. The van der Waals surface area contributed by atoms with Gasteiger partial charge in [-0.1, -0.05) is 36.8 Å². The van der Waals surface area contributed by atoms with E-state index in [1.165, 1.54) is 6.42 Å². The molecule has 4 nitrogen and oxygen atoms in total. The Bertz CT molecular complexity index is 553. The maximum absolute atomic E-state index is 13.0. The molecule has 2 amide bonds. The predicted octanol–water partition coefficient (Wildman–Crippen LogP) is 2.05. The van der Waals surface area contributed by atoms with Crippen molar-refractivity contribution >= 4 is 11.8 Å². The van der Waals surface area contributed by atoms with Gasteiger partial charge in [0.05, 0.1) is 6.54 Å². The minimum atomic E-state index is -0.950. The first kappa shape index (κ1) is 14.1. The number of carbonyl (C=O) groups excluding carboxylic acids is 2. The number of nitrogens with zero attached hydrogens (tertiary/aromatic N) is 1. The summed E-state index contributed by atoms with van der Waals surface area (Å²) in [6.45, 7) is 4.06. The third-order valence-corrected chi connectivity index (χ3v) is 5.07. The monoisotopic (exact) mass is 286 g/mol. The molecule has 2 aliphatic rings. The van der Waals surface area contributed by atoms with Crippen LogP contribution in [0.4, 0.5) is 0 Å². The van der Waals surface area contributed by atoms with Gasteiger partial charge in [0.25, 0.3) is 5.91 Å². The summed E-state index contributed by atoms with van der Waals surface area (Å²) in [4.78, 5) is 26.9. The van der Waals surface area contributed by atoms with Gasteiger partial charge >= 0.3 is 0 Å². The van der Waals surface area contributed by atoms with Crippen molar-refractivity contribution < 1.29 is 9.59 Å². The number of benzene rings is 1. The molecule has 21 heavy (non-hydrogen) atoms. The maximum Gasteiger partial charge on any atom is 0.253 e. The first-order chi connectivity index (χ1) is 10.0. The molecule has 4 heteroatoms. The van der Waals surface area contributed by atoms with Gasteiger partial charge in [-0.05, 0) is 38.2 Å². The van der Waals surface area contributed by atoms with Crippen LogP contribution in [0.15, 0.2) is 30.3 Å². The van der Waals surface area contributed by atoms with Gasteiger partial charge in [0.15, 0.2) is 0 Å². The Morgan fingerprint density at radius 3 is 2.48 bits per heavy atom. The summed E-state index contributed by atoms with van der Waals surface area (Å²) in [7, 11) is 0. The predicted molar refractivity (Wildman–Crippen MR) is 80.5 cm³/mol. The molecule has 1 heterocycles. The van der Waals surface area contributed by atoms with Crippen LogP contribution in [0.2, 0.25) is 0 Å². The van der Waals surface area contributed by atoms with Crippen molar-refractivity contribution in [2.75, 3.05) is 6.54 Å². The largest absolute Gasteiger partial charge is 0.337 e. The lowest BCUT2D eigenvalue weighted by Gasteiger charge is -2.46. The molecule has 1 saturated carbocycles. The van der Waals surface area contributed by atoms with Gasteiger partial charge in [0, 0.05) is 6.04 Å². The summed E-state index contributed by atoms with van der Waals surface area (Å²) >= 11 is 0. The quantitative estimate of drug-likeness (QED) is 0.924. The molecule has 0 bridgehead atoms. The van der Waals surface area contributed by atoms with Crippen LogP contribution in [0.5, 0.6) is 0 Å². The Balaban J connectivity index is 1.91. The van der Waals surface area contributed by atoms with Crippen LogP contribution in [0.1, 0.15) is 38.7 Å². The molecule has 1 aliphatic heterocycles. The van der Waals surface area contributed by atoms with E-state index in [0.717, 1.165) is 18.4 Å². The van der Waals surface area contributed by atoms with Crippen LogP contribution in [0.3, 0.4) is 0 Å². The fourth-order valence-electron chi connectivity index (χ4n) is 3.36. The maximum atomic E-state index is 13.0. The van der Waals surface area contributed by atoms with E-state index in [0.29, 0.717) is 5.92 Å². The summed E-state index contributed by atoms with van der Waals surface area (Å²) in [5.41, 5.74) is -0.108. The van der Waals surface area contributed by atoms with Crippen molar-refractivity contribution in [3.8, 4) is 0 Å². The van der Waals surface area contributed by atoms with Gasteiger partial charge in [0.1, 0.15) is 5.54 Å². The Hall–Kier alpha value is -1.84. The standard InChI is InChI=1S/C17H22N2O2/c1-12(13-7-6-8-13)19-11-15(20)18-17(2,16(19)21)14-9-4-3-5-10-14/h3-5,9-10,12-13H,6-8,11H2,1-2H3,(H,18,20). The van der Waals surface area contributed by atoms with Crippen molar-refractivity contribution in [2.45, 2.75) is 44.7 Å². The van der Waals surface area contributed by atoms with Crippen LogP contribution in [0.25, 0.3) is 0 Å². The van der Waals surface area contributed by atoms with Crippen molar-refractivity contribution in [2.24, 2.45) is 5.92 Å². The van der Waals surface area contributed by atoms with Crippen LogP contribution >= 0.6 is 0 Å². The lowest BCUT2D eigenvalue weighted by Crippen LogP contribution is -2.66.